The van der Waals surface area contributed by atoms with Crippen molar-refractivity contribution in [1.82, 2.24) is 0 Å². The Morgan fingerprint density at radius 3 is 2.41 bits per heavy atom. The smallest absolute Gasteiger partial charge is 0.349 e. The molecule has 0 heterocycles. The number of carbonyl (C=O) groups excluding carboxylic acids is 1. The summed E-state index contributed by atoms with van der Waals surface area (Å²) in [6.45, 7) is 9.48. The van der Waals surface area contributed by atoms with Gasteiger partial charge in [-0.3, -0.25) is 0 Å². The molecular formula is C17H22Cl2O3. The number of alkyl halides is 2. The molecule has 0 bridgehead atoms. The van der Waals surface area contributed by atoms with E-state index in [1.54, 1.807) is 20.8 Å². The van der Waals surface area contributed by atoms with Gasteiger partial charge in [0.25, 0.3) is 0 Å². The zero-order chi connectivity index (χ0) is 16.8. The maximum absolute atomic E-state index is 11.9. The third kappa shape index (κ3) is 3.07. The number of esters is 1. The number of ether oxygens (including phenoxy) is 2. The number of hydrogen-bond donors (Lipinski definition) is 0. The minimum atomic E-state index is -1.03. The molecule has 1 aliphatic rings. The van der Waals surface area contributed by atoms with Gasteiger partial charge >= 0.3 is 5.97 Å². The first-order valence-electron chi connectivity index (χ1n) is 7.39. The second-order valence-corrected chi connectivity index (χ2v) is 8.01. The highest BCUT2D eigenvalue weighted by atomic mass is 35.5. The molecule has 0 aromatic heterocycles. The van der Waals surface area contributed by atoms with Gasteiger partial charge < -0.3 is 9.47 Å². The van der Waals surface area contributed by atoms with Crippen LogP contribution in [0.4, 0.5) is 0 Å². The highest BCUT2D eigenvalue weighted by Gasteiger charge is 2.63. The topological polar surface area (TPSA) is 35.5 Å². The number of halogens is 2. The molecule has 1 unspecified atom stereocenters. The van der Waals surface area contributed by atoms with Gasteiger partial charge in [0.05, 0.1) is 6.61 Å². The summed E-state index contributed by atoms with van der Waals surface area (Å²) in [7, 11) is 0. The van der Waals surface area contributed by atoms with Crippen LogP contribution in [0.5, 0.6) is 5.75 Å². The molecule has 5 heteroatoms. The highest BCUT2D eigenvalue weighted by molar-refractivity contribution is 6.52. The summed E-state index contributed by atoms with van der Waals surface area (Å²) < 4.78 is 10.2. The molecule has 122 valence electrons. The van der Waals surface area contributed by atoms with Crippen LogP contribution in [0.1, 0.15) is 45.2 Å². The third-order valence-electron chi connectivity index (χ3n) is 4.20. The highest BCUT2D eigenvalue weighted by Crippen LogP contribution is 2.64. The molecule has 0 saturated heterocycles. The van der Waals surface area contributed by atoms with E-state index in [-0.39, 0.29) is 11.4 Å². The van der Waals surface area contributed by atoms with Crippen molar-refractivity contribution in [3.05, 3.63) is 29.3 Å². The fourth-order valence-electron chi connectivity index (χ4n) is 2.44. The van der Waals surface area contributed by atoms with E-state index in [0.717, 1.165) is 17.5 Å². The largest absolute Gasteiger partial charge is 0.476 e. The average molecular weight is 345 g/mol. The molecule has 0 aliphatic heterocycles. The Balaban J connectivity index is 2.19. The van der Waals surface area contributed by atoms with Gasteiger partial charge in [0.1, 0.15) is 10.1 Å². The lowest BCUT2D eigenvalue weighted by atomic mass is 9.96. The van der Waals surface area contributed by atoms with Crippen molar-refractivity contribution in [1.29, 1.82) is 0 Å². The molecule has 0 N–H and O–H groups in total. The molecule has 1 atom stereocenters. The fraction of sp³-hybridized carbons (Fsp3) is 0.588. The zero-order valence-corrected chi connectivity index (χ0v) is 15.1. The van der Waals surface area contributed by atoms with Crippen LogP contribution >= 0.6 is 23.2 Å². The molecule has 22 heavy (non-hydrogen) atoms. The van der Waals surface area contributed by atoms with E-state index in [4.69, 9.17) is 32.7 Å². The van der Waals surface area contributed by atoms with Gasteiger partial charge in [-0.15, -0.1) is 23.2 Å². The van der Waals surface area contributed by atoms with Crippen molar-refractivity contribution in [2.45, 2.75) is 56.4 Å². The summed E-state index contributed by atoms with van der Waals surface area (Å²) in [6, 6.07) is 5.83. The van der Waals surface area contributed by atoms with Gasteiger partial charge in [0.2, 0.25) is 0 Å². The van der Waals surface area contributed by atoms with E-state index in [9.17, 15) is 4.79 Å². The van der Waals surface area contributed by atoms with E-state index in [0.29, 0.717) is 12.4 Å². The van der Waals surface area contributed by atoms with Crippen LogP contribution in [0.25, 0.3) is 0 Å². The quantitative estimate of drug-likeness (QED) is 0.580. The standard InChI is InChI=1S/C17H22Cl2O3/c1-6-21-14(20)15(3,4)22-13-8-7-12(9-11(13)2)16(5)10-17(16,18)19/h7-9H,6,10H2,1-5H3. The zero-order valence-electron chi connectivity index (χ0n) is 13.6. The Morgan fingerprint density at radius 2 is 1.95 bits per heavy atom. The monoisotopic (exact) mass is 344 g/mol. The van der Waals surface area contributed by atoms with E-state index in [1.807, 2.05) is 32.0 Å². The van der Waals surface area contributed by atoms with Crippen molar-refractivity contribution in [3.63, 3.8) is 0 Å². The summed E-state index contributed by atoms with van der Waals surface area (Å²) in [6.07, 6.45) is 0.733. The maximum atomic E-state index is 11.9. The molecule has 1 aliphatic carbocycles. The first-order valence-corrected chi connectivity index (χ1v) is 8.14. The summed E-state index contributed by atoms with van der Waals surface area (Å²) >= 11 is 12.5. The molecule has 0 amide bonds. The normalized spacial score (nSPS) is 23.0. The van der Waals surface area contributed by atoms with Gasteiger partial charge in [-0.2, -0.15) is 0 Å². The SMILES string of the molecule is CCOC(=O)C(C)(C)Oc1ccc(C2(C)CC2(Cl)Cl)cc1C. The summed E-state index contributed by atoms with van der Waals surface area (Å²) in [5.74, 6) is 0.272. The first kappa shape index (κ1) is 17.4. The van der Waals surface area contributed by atoms with Gasteiger partial charge in [-0.25, -0.2) is 4.79 Å². The molecule has 0 spiro atoms. The van der Waals surface area contributed by atoms with Crippen molar-refractivity contribution >= 4 is 29.2 Å². The first-order chi connectivity index (χ1) is 10.0. The van der Waals surface area contributed by atoms with Gasteiger partial charge in [-0.05, 0) is 51.3 Å². The lowest BCUT2D eigenvalue weighted by Gasteiger charge is -2.25. The van der Waals surface area contributed by atoms with E-state index in [1.165, 1.54) is 0 Å². The lowest BCUT2D eigenvalue weighted by Crippen LogP contribution is -2.39. The molecule has 3 nitrogen and oxygen atoms in total. The van der Waals surface area contributed by atoms with Crippen molar-refractivity contribution in [2.75, 3.05) is 6.61 Å². The van der Waals surface area contributed by atoms with Crippen LogP contribution in [0, 0.1) is 6.92 Å². The average Bonchev–Trinajstić information content (AvgIpc) is 2.92. The molecular weight excluding hydrogens is 323 g/mol. The summed E-state index contributed by atoms with van der Waals surface area (Å²) in [4.78, 5) is 11.9. The Labute approximate surface area is 141 Å². The Hall–Kier alpha value is -0.930. The predicted octanol–water partition coefficient (Wildman–Crippen LogP) is 4.55. The van der Waals surface area contributed by atoms with Gasteiger partial charge in [0.15, 0.2) is 5.60 Å². The molecule has 1 saturated carbocycles. The maximum Gasteiger partial charge on any atom is 0.349 e. The second-order valence-electron chi connectivity index (χ2n) is 6.53. The number of rotatable bonds is 5. The van der Waals surface area contributed by atoms with Crippen molar-refractivity contribution in [3.8, 4) is 5.75 Å². The van der Waals surface area contributed by atoms with E-state index in [2.05, 4.69) is 0 Å². The van der Waals surface area contributed by atoms with Crippen molar-refractivity contribution < 1.29 is 14.3 Å². The summed E-state index contributed by atoms with van der Waals surface area (Å²) in [5.41, 5.74) is 0.758. The molecule has 0 radical (unpaired) electrons. The third-order valence-corrected chi connectivity index (χ3v) is 5.30. The van der Waals surface area contributed by atoms with Crippen LogP contribution < -0.4 is 4.74 Å². The molecule has 2 rings (SSSR count). The Morgan fingerprint density at radius 1 is 1.36 bits per heavy atom. The van der Waals surface area contributed by atoms with Crippen LogP contribution in [-0.4, -0.2) is 22.5 Å². The molecule has 1 fully saturated rings. The number of hydrogen-bond acceptors (Lipinski definition) is 3. The Kier molecular flexibility index (Phi) is 4.44. The number of benzene rings is 1. The van der Waals surface area contributed by atoms with Crippen LogP contribution in [-0.2, 0) is 14.9 Å². The Bertz CT molecular complexity index is 596. The molecule has 1 aromatic rings. The number of carbonyl (C=O) groups is 1. The van der Waals surface area contributed by atoms with Crippen LogP contribution in [0.3, 0.4) is 0 Å². The number of aryl methyl sites for hydroxylation is 1. The van der Waals surface area contributed by atoms with Crippen LogP contribution in [0.2, 0.25) is 0 Å². The predicted molar refractivity (Wildman–Crippen MR) is 88.9 cm³/mol. The van der Waals surface area contributed by atoms with Gasteiger partial charge in [-0.1, -0.05) is 19.1 Å². The van der Waals surface area contributed by atoms with Crippen LogP contribution in [0.15, 0.2) is 18.2 Å². The lowest BCUT2D eigenvalue weighted by molar-refractivity contribution is -0.158. The van der Waals surface area contributed by atoms with Crippen molar-refractivity contribution in [2.24, 2.45) is 0 Å². The minimum Gasteiger partial charge on any atom is -0.476 e. The summed E-state index contributed by atoms with van der Waals surface area (Å²) in [5, 5.41) is 0. The van der Waals surface area contributed by atoms with E-state index >= 15 is 0 Å². The molecule has 1 aromatic carbocycles. The second kappa shape index (κ2) is 5.61. The van der Waals surface area contributed by atoms with Gasteiger partial charge in [0, 0.05) is 5.41 Å². The fourth-order valence-corrected chi connectivity index (χ4v) is 3.19. The van der Waals surface area contributed by atoms with E-state index < -0.39 is 9.93 Å². The minimum absolute atomic E-state index is 0.226.